The average Bonchev–Trinajstić information content (AvgIpc) is 3.45. The van der Waals surface area contributed by atoms with E-state index in [4.69, 9.17) is 0 Å². The molecule has 0 radical (unpaired) electrons. The SMILES string of the molecule is Cc1ccc(C(=O)Nc2ccnn2C2CCCC2)cc1S(=O)(=O)NCc1ccccc1. The van der Waals surface area contributed by atoms with Gasteiger partial charge in [-0.1, -0.05) is 49.2 Å². The van der Waals surface area contributed by atoms with Crippen molar-refractivity contribution < 1.29 is 13.2 Å². The van der Waals surface area contributed by atoms with E-state index in [1.54, 1.807) is 31.3 Å². The molecule has 31 heavy (non-hydrogen) atoms. The van der Waals surface area contributed by atoms with Crippen LogP contribution >= 0.6 is 0 Å². The molecule has 1 saturated carbocycles. The lowest BCUT2D eigenvalue weighted by atomic mass is 10.1. The molecule has 162 valence electrons. The van der Waals surface area contributed by atoms with Gasteiger partial charge in [-0.2, -0.15) is 5.10 Å². The second-order valence-corrected chi connectivity index (χ2v) is 9.58. The fourth-order valence-corrected chi connectivity index (χ4v) is 5.21. The van der Waals surface area contributed by atoms with E-state index in [9.17, 15) is 13.2 Å². The smallest absolute Gasteiger partial charge is 0.256 e. The van der Waals surface area contributed by atoms with E-state index in [1.807, 2.05) is 35.0 Å². The number of aryl methyl sites for hydroxylation is 1. The molecule has 2 aromatic carbocycles. The number of hydrogen-bond donors (Lipinski definition) is 2. The standard InChI is InChI=1S/C23H26N4O3S/c1-17-11-12-19(15-21(17)31(29,30)25-16-18-7-3-2-4-8-18)23(28)26-22-13-14-24-27(22)20-9-5-6-10-20/h2-4,7-8,11-15,20,25H,5-6,9-10,16H2,1H3,(H,26,28). The molecule has 1 fully saturated rings. The molecule has 4 rings (SSSR count). The minimum absolute atomic E-state index is 0.0976. The van der Waals surface area contributed by atoms with Crippen LogP contribution in [-0.4, -0.2) is 24.1 Å². The van der Waals surface area contributed by atoms with Crippen molar-refractivity contribution in [1.29, 1.82) is 0 Å². The Kier molecular flexibility index (Phi) is 6.20. The van der Waals surface area contributed by atoms with Crippen LogP contribution in [0.25, 0.3) is 0 Å². The third-order valence-corrected chi connectivity index (χ3v) is 7.17. The summed E-state index contributed by atoms with van der Waals surface area (Å²) in [6.45, 7) is 1.90. The predicted octanol–water partition coefficient (Wildman–Crippen LogP) is 4.04. The summed E-state index contributed by atoms with van der Waals surface area (Å²) in [5.41, 5.74) is 1.72. The number of benzene rings is 2. The number of anilines is 1. The molecule has 1 aliphatic carbocycles. The van der Waals surface area contributed by atoms with Crippen LogP contribution in [0.4, 0.5) is 5.82 Å². The lowest BCUT2D eigenvalue weighted by Gasteiger charge is -2.15. The first-order chi connectivity index (χ1) is 14.9. The molecule has 1 aromatic heterocycles. The van der Waals surface area contributed by atoms with Gasteiger partial charge in [-0.05, 0) is 43.0 Å². The molecule has 2 N–H and O–H groups in total. The number of aromatic nitrogens is 2. The van der Waals surface area contributed by atoms with Gasteiger partial charge in [0.1, 0.15) is 5.82 Å². The molecule has 0 unspecified atom stereocenters. The Morgan fingerprint density at radius 3 is 2.58 bits per heavy atom. The molecular weight excluding hydrogens is 412 g/mol. The third kappa shape index (κ3) is 4.86. The monoisotopic (exact) mass is 438 g/mol. The number of nitrogens with zero attached hydrogens (tertiary/aromatic N) is 2. The van der Waals surface area contributed by atoms with E-state index in [2.05, 4.69) is 15.1 Å². The number of amides is 1. The summed E-state index contributed by atoms with van der Waals surface area (Å²) in [6, 6.07) is 16.1. The van der Waals surface area contributed by atoms with Crippen LogP contribution in [0.3, 0.4) is 0 Å². The lowest BCUT2D eigenvalue weighted by Crippen LogP contribution is -2.25. The molecule has 0 saturated heterocycles. The summed E-state index contributed by atoms with van der Waals surface area (Å²) in [6.07, 6.45) is 6.09. The van der Waals surface area contributed by atoms with Gasteiger partial charge in [0.2, 0.25) is 10.0 Å². The topological polar surface area (TPSA) is 93.1 Å². The van der Waals surface area contributed by atoms with Crippen molar-refractivity contribution in [2.75, 3.05) is 5.32 Å². The largest absolute Gasteiger partial charge is 0.307 e. The first-order valence-electron chi connectivity index (χ1n) is 10.4. The number of rotatable bonds is 7. The van der Waals surface area contributed by atoms with E-state index >= 15 is 0 Å². The van der Waals surface area contributed by atoms with Crippen LogP contribution in [0, 0.1) is 6.92 Å². The van der Waals surface area contributed by atoms with Gasteiger partial charge in [0, 0.05) is 18.2 Å². The Labute approximate surface area is 182 Å². The van der Waals surface area contributed by atoms with Gasteiger partial charge in [0.15, 0.2) is 0 Å². The van der Waals surface area contributed by atoms with Crippen LogP contribution in [0.5, 0.6) is 0 Å². The van der Waals surface area contributed by atoms with Crippen molar-refractivity contribution in [3.8, 4) is 0 Å². The van der Waals surface area contributed by atoms with E-state index in [-0.39, 0.29) is 22.9 Å². The first kappa shape index (κ1) is 21.3. The molecule has 0 spiro atoms. The third-order valence-electron chi connectivity index (χ3n) is 5.63. The maximum absolute atomic E-state index is 12.9. The zero-order valence-corrected chi connectivity index (χ0v) is 18.2. The number of sulfonamides is 1. The van der Waals surface area contributed by atoms with Gasteiger partial charge in [-0.3, -0.25) is 4.79 Å². The zero-order chi connectivity index (χ0) is 21.8. The van der Waals surface area contributed by atoms with Crippen LogP contribution < -0.4 is 10.0 Å². The summed E-state index contributed by atoms with van der Waals surface area (Å²) in [4.78, 5) is 13.0. The minimum atomic E-state index is -3.78. The fourth-order valence-electron chi connectivity index (χ4n) is 3.92. The molecule has 7 nitrogen and oxygen atoms in total. The first-order valence-corrected chi connectivity index (χ1v) is 11.9. The highest BCUT2D eigenvalue weighted by atomic mass is 32.2. The Balaban J connectivity index is 1.52. The maximum Gasteiger partial charge on any atom is 0.256 e. The van der Waals surface area contributed by atoms with Crippen LogP contribution in [0.2, 0.25) is 0 Å². The number of nitrogens with one attached hydrogen (secondary N) is 2. The number of hydrogen-bond acceptors (Lipinski definition) is 4. The maximum atomic E-state index is 12.9. The molecule has 0 aliphatic heterocycles. The molecule has 8 heteroatoms. The Hall–Kier alpha value is -2.97. The fraction of sp³-hybridized carbons (Fsp3) is 0.304. The summed E-state index contributed by atoms with van der Waals surface area (Å²) in [5, 5.41) is 7.25. The Morgan fingerprint density at radius 2 is 1.84 bits per heavy atom. The molecule has 3 aromatic rings. The Morgan fingerprint density at radius 1 is 1.10 bits per heavy atom. The second kappa shape index (κ2) is 9.03. The van der Waals surface area contributed by atoms with Crippen LogP contribution in [0.15, 0.2) is 65.7 Å². The van der Waals surface area contributed by atoms with E-state index < -0.39 is 10.0 Å². The molecule has 0 bridgehead atoms. The van der Waals surface area contributed by atoms with Crippen molar-refractivity contribution in [3.05, 3.63) is 77.5 Å². The second-order valence-electron chi connectivity index (χ2n) is 7.84. The molecule has 1 amide bonds. The minimum Gasteiger partial charge on any atom is -0.307 e. The van der Waals surface area contributed by atoms with Gasteiger partial charge in [-0.25, -0.2) is 17.8 Å². The highest BCUT2D eigenvalue weighted by Crippen LogP contribution is 2.31. The molecule has 0 atom stereocenters. The summed E-state index contributed by atoms with van der Waals surface area (Å²) >= 11 is 0. The predicted molar refractivity (Wildman–Crippen MR) is 119 cm³/mol. The van der Waals surface area contributed by atoms with Crippen LogP contribution in [0.1, 0.15) is 53.2 Å². The summed E-state index contributed by atoms with van der Waals surface area (Å²) < 4.78 is 30.3. The van der Waals surface area contributed by atoms with Crippen LogP contribution in [-0.2, 0) is 16.6 Å². The van der Waals surface area contributed by atoms with Gasteiger partial charge in [0.25, 0.3) is 5.91 Å². The quantitative estimate of drug-likeness (QED) is 0.582. The van der Waals surface area contributed by atoms with Gasteiger partial charge >= 0.3 is 0 Å². The van der Waals surface area contributed by atoms with E-state index in [0.717, 1.165) is 31.2 Å². The zero-order valence-electron chi connectivity index (χ0n) is 17.4. The van der Waals surface area contributed by atoms with E-state index in [0.29, 0.717) is 17.4 Å². The van der Waals surface area contributed by atoms with Crippen molar-refractivity contribution in [2.45, 2.75) is 50.1 Å². The lowest BCUT2D eigenvalue weighted by molar-refractivity contribution is 0.102. The van der Waals surface area contributed by atoms with E-state index in [1.165, 1.54) is 6.07 Å². The summed E-state index contributed by atoms with van der Waals surface area (Å²) in [7, 11) is -3.78. The van der Waals surface area contributed by atoms with Crippen molar-refractivity contribution in [1.82, 2.24) is 14.5 Å². The van der Waals surface area contributed by atoms with Gasteiger partial charge < -0.3 is 5.32 Å². The van der Waals surface area contributed by atoms with Crippen molar-refractivity contribution in [3.63, 3.8) is 0 Å². The number of carbonyl (C=O) groups is 1. The average molecular weight is 439 g/mol. The summed E-state index contributed by atoms with van der Waals surface area (Å²) in [5.74, 6) is 0.267. The van der Waals surface area contributed by atoms with Gasteiger partial charge in [-0.15, -0.1) is 0 Å². The number of carbonyl (C=O) groups excluding carboxylic acids is 1. The normalized spacial score (nSPS) is 14.6. The van der Waals surface area contributed by atoms with Crippen molar-refractivity contribution >= 4 is 21.7 Å². The molecular formula is C23H26N4O3S. The molecule has 1 aliphatic rings. The Bertz CT molecular complexity index is 1170. The highest BCUT2D eigenvalue weighted by Gasteiger charge is 2.22. The molecule has 1 heterocycles. The highest BCUT2D eigenvalue weighted by molar-refractivity contribution is 7.89. The van der Waals surface area contributed by atoms with Gasteiger partial charge in [0.05, 0.1) is 17.1 Å². The van der Waals surface area contributed by atoms with Crippen molar-refractivity contribution in [2.24, 2.45) is 0 Å².